The standard InChI is InChI=1S/C12H12N2O2/c13-11-5-2-6-14(12(11)16)8-9-3-1-4-10(15)7-9/h1-7,15H,8,13H2. The fraction of sp³-hybridized carbons (Fsp3) is 0.0833. The van der Waals surface area contributed by atoms with Crippen molar-refractivity contribution in [1.82, 2.24) is 4.57 Å². The summed E-state index contributed by atoms with van der Waals surface area (Å²) in [6.07, 6.45) is 1.67. The van der Waals surface area contributed by atoms with Gasteiger partial charge in [0.05, 0.1) is 12.2 Å². The monoisotopic (exact) mass is 216 g/mol. The van der Waals surface area contributed by atoms with E-state index in [9.17, 15) is 9.90 Å². The molecule has 0 bridgehead atoms. The van der Waals surface area contributed by atoms with Gasteiger partial charge in [-0.15, -0.1) is 0 Å². The van der Waals surface area contributed by atoms with Gasteiger partial charge in [0.15, 0.2) is 0 Å². The molecule has 0 fully saturated rings. The summed E-state index contributed by atoms with van der Waals surface area (Å²) in [7, 11) is 0. The number of nitrogens with zero attached hydrogens (tertiary/aromatic N) is 1. The number of benzene rings is 1. The third-order valence-corrected chi connectivity index (χ3v) is 2.31. The smallest absolute Gasteiger partial charge is 0.273 e. The SMILES string of the molecule is Nc1cccn(Cc2cccc(O)c2)c1=O. The Morgan fingerprint density at radius 2 is 2.06 bits per heavy atom. The molecule has 16 heavy (non-hydrogen) atoms. The molecule has 0 atom stereocenters. The molecule has 0 aliphatic rings. The van der Waals surface area contributed by atoms with Crippen molar-refractivity contribution in [2.45, 2.75) is 6.54 Å². The van der Waals surface area contributed by atoms with Gasteiger partial charge in [0.2, 0.25) is 0 Å². The van der Waals surface area contributed by atoms with Crippen molar-refractivity contribution >= 4 is 5.69 Å². The number of hydrogen-bond acceptors (Lipinski definition) is 3. The van der Waals surface area contributed by atoms with Crippen LogP contribution in [0.3, 0.4) is 0 Å². The molecule has 4 heteroatoms. The largest absolute Gasteiger partial charge is 0.508 e. The van der Waals surface area contributed by atoms with Crippen molar-refractivity contribution in [2.75, 3.05) is 5.73 Å². The van der Waals surface area contributed by atoms with Crippen LogP contribution in [0.4, 0.5) is 5.69 Å². The third-order valence-electron chi connectivity index (χ3n) is 2.31. The first-order chi connectivity index (χ1) is 7.66. The molecular formula is C12H12N2O2. The number of pyridine rings is 1. The molecule has 0 radical (unpaired) electrons. The zero-order chi connectivity index (χ0) is 11.5. The van der Waals surface area contributed by atoms with E-state index in [0.29, 0.717) is 6.54 Å². The molecule has 1 aromatic heterocycles. The predicted molar refractivity (Wildman–Crippen MR) is 62.3 cm³/mol. The number of anilines is 1. The van der Waals surface area contributed by atoms with Crippen LogP contribution in [0.25, 0.3) is 0 Å². The summed E-state index contributed by atoms with van der Waals surface area (Å²) in [6, 6.07) is 10.1. The van der Waals surface area contributed by atoms with Crippen LogP contribution in [-0.2, 0) is 6.54 Å². The van der Waals surface area contributed by atoms with Crippen LogP contribution >= 0.6 is 0 Å². The van der Waals surface area contributed by atoms with Crippen molar-refractivity contribution in [2.24, 2.45) is 0 Å². The Morgan fingerprint density at radius 3 is 2.81 bits per heavy atom. The lowest BCUT2D eigenvalue weighted by molar-refractivity contribution is 0.474. The van der Waals surface area contributed by atoms with E-state index >= 15 is 0 Å². The second-order valence-corrected chi connectivity index (χ2v) is 3.57. The molecule has 0 saturated heterocycles. The number of phenols is 1. The minimum atomic E-state index is -0.217. The summed E-state index contributed by atoms with van der Waals surface area (Å²) in [4.78, 5) is 11.6. The molecule has 0 unspecified atom stereocenters. The minimum absolute atomic E-state index is 0.189. The number of nitrogen functional groups attached to an aromatic ring is 1. The van der Waals surface area contributed by atoms with Crippen LogP contribution in [0.5, 0.6) is 5.75 Å². The Kier molecular flexibility index (Phi) is 2.64. The highest BCUT2D eigenvalue weighted by atomic mass is 16.3. The van der Waals surface area contributed by atoms with E-state index in [2.05, 4.69) is 0 Å². The topological polar surface area (TPSA) is 68.2 Å². The molecule has 2 rings (SSSR count). The van der Waals surface area contributed by atoms with Crippen LogP contribution in [0.2, 0.25) is 0 Å². The molecule has 82 valence electrons. The van der Waals surface area contributed by atoms with Crippen molar-refractivity contribution in [3.05, 3.63) is 58.5 Å². The summed E-state index contributed by atoms with van der Waals surface area (Å²) in [6.45, 7) is 0.401. The van der Waals surface area contributed by atoms with Crippen molar-refractivity contribution in [3.8, 4) is 5.75 Å². The molecular weight excluding hydrogens is 204 g/mol. The quantitative estimate of drug-likeness (QED) is 0.792. The highest BCUT2D eigenvalue weighted by molar-refractivity contribution is 5.34. The van der Waals surface area contributed by atoms with Crippen LogP contribution in [-0.4, -0.2) is 9.67 Å². The second-order valence-electron chi connectivity index (χ2n) is 3.57. The second kappa shape index (κ2) is 4.10. The average Bonchev–Trinajstić information content (AvgIpc) is 2.25. The fourth-order valence-electron chi connectivity index (χ4n) is 1.53. The zero-order valence-corrected chi connectivity index (χ0v) is 8.63. The normalized spacial score (nSPS) is 10.2. The molecule has 4 nitrogen and oxygen atoms in total. The summed E-state index contributed by atoms with van der Waals surface area (Å²) in [5.74, 6) is 0.189. The summed E-state index contributed by atoms with van der Waals surface area (Å²) >= 11 is 0. The number of aromatic nitrogens is 1. The van der Waals surface area contributed by atoms with E-state index in [4.69, 9.17) is 5.73 Å². The zero-order valence-electron chi connectivity index (χ0n) is 8.63. The van der Waals surface area contributed by atoms with E-state index in [1.165, 1.54) is 4.57 Å². The van der Waals surface area contributed by atoms with Gasteiger partial charge in [-0.2, -0.15) is 0 Å². The van der Waals surface area contributed by atoms with Gasteiger partial charge in [-0.25, -0.2) is 0 Å². The molecule has 2 aromatic rings. The average molecular weight is 216 g/mol. The number of nitrogens with two attached hydrogens (primary N) is 1. The van der Waals surface area contributed by atoms with E-state index in [0.717, 1.165) is 5.56 Å². The summed E-state index contributed by atoms with van der Waals surface area (Å²) in [5.41, 5.74) is 6.38. The molecule has 0 amide bonds. The molecule has 0 spiro atoms. The molecule has 1 heterocycles. The lowest BCUT2D eigenvalue weighted by Crippen LogP contribution is -2.22. The number of aromatic hydroxyl groups is 1. The van der Waals surface area contributed by atoms with Gasteiger partial charge in [0.1, 0.15) is 5.75 Å². The third kappa shape index (κ3) is 2.06. The van der Waals surface area contributed by atoms with Gasteiger partial charge in [-0.1, -0.05) is 12.1 Å². The maximum absolute atomic E-state index is 11.6. The lowest BCUT2D eigenvalue weighted by Gasteiger charge is -2.06. The van der Waals surface area contributed by atoms with Gasteiger partial charge in [0.25, 0.3) is 5.56 Å². The lowest BCUT2D eigenvalue weighted by atomic mass is 10.2. The van der Waals surface area contributed by atoms with Gasteiger partial charge in [0, 0.05) is 6.20 Å². The van der Waals surface area contributed by atoms with Gasteiger partial charge < -0.3 is 15.4 Å². The Balaban J connectivity index is 2.34. The number of rotatable bonds is 2. The Bertz CT molecular complexity index is 561. The van der Waals surface area contributed by atoms with E-state index in [1.807, 2.05) is 6.07 Å². The number of phenolic OH excluding ortho intramolecular Hbond substituents is 1. The van der Waals surface area contributed by atoms with Gasteiger partial charge in [-0.3, -0.25) is 4.79 Å². The van der Waals surface area contributed by atoms with Gasteiger partial charge in [-0.05, 0) is 29.8 Å². The Labute approximate surface area is 92.6 Å². The van der Waals surface area contributed by atoms with E-state index < -0.39 is 0 Å². The van der Waals surface area contributed by atoms with Crippen LogP contribution in [0, 0.1) is 0 Å². The van der Waals surface area contributed by atoms with Crippen molar-refractivity contribution in [3.63, 3.8) is 0 Å². The summed E-state index contributed by atoms with van der Waals surface area (Å²) < 4.78 is 1.50. The Morgan fingerprint density at radius 1 is 1.25 bits per heavy atom. The first-order valence-corrected chi connectivity index (χ1v) is 4.89. The number of hydrogen-bond donors (Lipinski definition) is 2. The van der Waals surface area contributed by atoms with Crippen LogP contribution in [0.15, 0.2) is 47.4 Å². The van der Waals surface area contributed by atoms with Crippen molar-refractivity contribution < 1.29 is 5.11 Å². The fourth-order valence-corrected chi connectivity index (χ4v) is 1.53. The molecule has 0 aliphatic heterocycles. The van der Waals surface area contributed by atoms with Crippen LogP contribution in [0.1, 0.15) is 5.56 Å². The first kappa shape index (κ1) is 10.3. The predicted octanol–water partition coefficient (Wildman–Crippen LogP) is 1.18. The van der Waals surface area contributed by atoms with E-state index in [1.54, 1.807) is 36.5 Å². The summed E-state index contributed by atoms with van der Waals surface area (Å²) in [5, 5.41) is 9.30. The highest BCUT2D eigenvalue weighted by Gasteiger charge is 2.00. The minimum Gasteiger partial charge on any atom is -0.508 e. The Hall–Kier alpha value is -2.23. The molecule has 3 N–H and O–H groups in total. The first-order valence-electron chi connectivity index (χ1n) is 4.89. The molecule has 0 aliphatic carbocycles. The molecule has 1 aromatic carbocycles. The van der Waals surface area contributed by atoms with Crippen LogP contribution < -0.4 is 11.3 Å². The van der Waals surface area contributed by atoms with E-state index in [-0.39, 0.29) is 17.0 Å². The highest BCUT2D eigenvalue weighted by Crippen LogP contribution is 2.11. The maximum Gasteiger partial charge on any atom is 0.273 e. The van der Waals surface area contributed by atoms with Gasteiger partial charge >= 0.3 is 0 Å². The molecule has 0 saturated carbocycles. The maximum atomic E-state index is 11.6. The van der Waals surface area contributed by atoms with Crippen molar-refractivity contribution in [1.29, 1.82) is 0 Å².